The van der Waals surface area contributed by atoms with Crippen molar-refractivity contribution in [2.24, 2.45) is 5.10 Å². The lowest BCUT2D eigenvalue weighted by Gasteiger charge is -2.02. The molecule has 0 unspecified atom stereocenters. The van der Waals surface area contributed by atoms with Gasteiger partial charge in [-0.25, -0.2) is 5.43 Å². The SMILES string of the molecule is ClC1=CC(Cl)=N[N]N1. The number of nitrogens with zero attached hydrogens (tertiary/aromatic N) is 2. The van der Waals surface area contributed by atoms with E-state index < -0.39 is 0 Å². The summed E-state index contributed by atoms with van der Waals surface area (Å²) in [5, 5.41) is 4.08. The molecule has 3 nitrogen and oxygen atoms in total. The summed E-state index contributed by atoms with van der Waals surface area (Å²) < 4.78 is 0. The fraction of sp³-hybridized carbons (Fsp3) is 0. The molecule has 1 aliphatic rings. The van der Waals surface area contributed by atoms with Crippen molar-refractivity contribution in [2.45, 2.75) is 0 Å². The summed E-state index contributed by atoms with van der Waals surface area (Å²) in [7, 11) is 0. The number of nitrogens with one attached hydrogen (secondary N) is 1. The van der Waals surface area contributed by atoms with Gasteiger partial charge >= 0.3 is 0 Å². The second kappa shape index (κ2) is 2.24. The van der Waals surface area contributed by atoms with Gasteiger partial charge in [-0.15, -0.1) is 5.10 Å². The van der Waals surface area contributed by atoms with Crippen molar-refractivity contribution < 1.29 is 0 Å². The lowest BCUT2D eigenvalue weighted by molar-refractivity contribution is 0.635. The van der Waals surface area contributed by atoms with Crippen LogP contribution in [0.15, 0.2) is 16.3 Å². The summed E-state index contributed by atoms with van der Waals surface area (Å²) in [6.45, 7) is 0. The molecule has 0 spiro atoms. The van der Waals surface area contributed by atoms with Gasteiger partial charge in [0.25, 0.3) is 0 Å². The standard InChI is InChI=1S/C3H2Cl2N3/c4-2-1-3(5)7-8-6-2/h1,6H. The van der Waals surface area contributed by atoms with Crippen molar-refractivity contribution >= 4 is 28.4 Å². The van der Waals surface area contributed by atoms with Crippen molar-refractivity contribution in [3.05, 3.63) is 11.2 Å². The van der Waals surface area contributed by atoms with Crippen molar-refractivity contribution in [3.8, 4) is 0 Å². The van der Waals surface area contributed by atoms with Crippen LogP contribution in [0, 0.1) is 0 Å². The van der Waals surface area contributed by atoms with Crippen LogP contribution < -0.4 is 11.0 Å². The van der Waals surface area contributed by atoms with Gasteiger partial charge in [0.2, 0.25) is 0 Å². The topological polar surface area (TPSA) is 38.5 Å². The molecule has 0 aliphatic carbocycles. The molecule has 0 fully saturated rings. The molecule has 0 saturated carbocycles. The Morgan fingerprint density at radius 2 is 2.25 bits per heavy atom. The maximum absolute atomic E-state index is 5.40. The number of halogens is 2. The molecule has 0 aromatic rings. The molecule has 0 saturated heterocycles. The highest BCUT2D eigenvalue weighted by Gasteiger charge is 1.99. The van der Waals surface area contributed by atoms with Crippen LogP contribution in [-0.2, 0) is 0 Å². The van der Waals surface area contributed by atoms with E-state index in [0.29, 0.717) is 5.16 Å². The molecule has 1 radical (unpaired) electrons. The summed E-state index contributed by atoms with van der Waals surface area (Å²) in [5.74, 6) is 0. The highest BCUT2D eigenvalue weighted by molar-refractivity contribution is 6.69. The van der Waals surface area contributed by atoms with E-state index in [-0.39, 0.29) is 5.17 Å². The second-order valence-corrected chi connectivity index (χ2v) is 1.92. The predicted octanol–water partition coefficient (Wildman–Crippen LogP) is 0.742. The van der Waals surface area contributed by atoms with E-state index in [9.17, 15) is 0 Å². The molecule has 0 amide bonds. The first-order chi connectivity index (χ1) is 3.79. The number of hydrogen-bond acceptors (Lipinski definition) is 2. The lowest BCUT2D eigenvalue weighted by Crippen LogP contribution is -2.21. The largest absolute Gasteiger partial charge is 0.248 e. The van der Waals surface area contributed by atoms with Gasteiger partial charge in [-0.1, -0.05) is 28.7 Å². The lowest BCUT2D eigenvalue weighted by atomic mass is 10.6. The fourth-order valence-corrected chi connectivity index (χ4v) is 0.630. The molecule has 8 heavy (non-hydrogen) atoms. The molecule has 1 rings (SSSR count). The molecule has 1 heterocycles. The Hall–Kier alpha value is -0.410. The van der Waals surface area contributed by atoms with Crippen LogP contribution in [0.4, 0.5) is 0 Å². The summed E-state index contributed by atoms with van der Waals surface area (Å²) >= 11 is 10.8. The fourth-order valence-electron chi connectivity index (χ4n) is 0.286. The van der Waals surface area contributed by atoms with Gasteiger partial charge in [0.15, 0.2) is 5.17 Å². The molecule has 0 aromatic heterocycles. The molecule has 5 heteroatoms. The van der Waals surface area contributed by atoms with Crippen molar-refractivity contribution in [3.63, 3.8) is 0 Å². The van der Waals surface area contributed by atoms with Gasteiger partial charge in [-0.3, -0.25) is 0 Å². The molecule has 1 aliphatic heterocycles. The maximum Gasteiger partial charge on any atom is 0.156 e. The number of allylic oxidation sites excluding steroid dienone is 1. The Morgan fingerprint density at radius 3 is 2.62 bits per heavy atom. The summed E-state index contributed by atoms with van der Waals surface area (Å²) in [4.78, 5) is 0. The van der Waals surface area contributed by atoms with Crippen LogP contribution >= 0.6 is 23.2 Å². The van der Waals surface area contributed by atoms with Crippen LogP contribution in [0.5, 0.6) is 0 Å². The van der Waals surface area contributed by atoms with Crippen LogP contribution in [0.25, 0.3) is 0 Å². The van der Waals surface area contributed by atoms with E-state index in [1.807, 2.05) is 0 Å². The van der Waals surface area contributed by atoms with Gasteiger partial charge in [0.05, 0.1) is 0 Å². The smallest absolute Gasteiger partial charge is 0.156 e. The number of rotatable bonds is 0. The first-order valence-corrected chi connectivity index (χ1v) is 2.61. The monoisotopic (exact) mass is 150 g/mol. The molecule has 0 bridgehead atoms. The van der Waals surface area contributed by atoms with Crippen LogP contribution in [0.1, 0.15) is 0 Å². The van der Waals surface area contributed by atoms with Gasteiger partial charge in [0.1, 0.15) is 5.16 Å². The summed E-state index contributed by atoms with van der Waals surface area (Å²) in [5.41, 5.74) is 5.74. The van der Waals surface area contributed by atoms with Gasteiger partial charge < -0.3 is 0 Å². The Labute approximate surface area is 56.3 Å². The van der Waals surface area contributed by atoms with E-state index in [1.165, 1.54) is 6.08 Å². The Kier molecular flexibility index (Phi) is 1.60. The normalized spacial score (nSPS) is 17.8. The maximum atomic E-state index is 5.40. The Balaban J connectivity index is 2.69. The Morgan fingerprint density at radius 1 is 1.50 bits per heavy atom. The van der Waals surface area contributed by atoms with E-state index >= 15 is 0 Å². The third kappa shape index (κ3) is 1.28. The zero-order chi connectivity index (χ0) is 5.98. The minimum Gasteiger partial charge on any atom is -0.248 e. The average molecular weight is 151 g/mol. The zero-order valence-corrected chi connectivity index (χ0v) is 5.24. The molecule has 0 aromatic carbocycles. The highest BCUT2D eigenvalue weighted by atomic mass is 35.5. The quantitative estimate of drug-likeness (QED) is 0.509. The van der Waals surface area contributed by atoms with E-state index in [1.54, 1.807) is 0 Å². The zero-order valence-electron chi connectivity index (χ0n) is 3.73. The van der Waals surface area contributed by atoms with E-state index in [4.69, 9.17) is 23.2 Å². The highest BCUT2D eigenvalue weighted by Crippen LogP contribution is 2.01. The molecule has 0 atom stereocenters. The van der Waals surface area contributed by atoms with Gasteiger partial charge in [-0.05, 0) is 0 Å². The summed E-state index contributed by atoms with van der Waals surface area (Å²) in [6, 6.07) is 0. The third-order valence-electron chi connectivity index (χ3n) is 0.548. The minimum atomic E-state index is 0.286. The summed E-state index contributed by atoms with van der Waals surface area (Å²) in [6.07, 6.45) is 1.47. The van der Waals surface area contributed by atoms with Crippen molar-refractivity contribution in [1.29, 1.82) is 0 Å². The molecular weight excluding hydrogens is 149 g/mol. The van der Waals surface area contributed by atoms with Gasteiger partial charge in [-0.2, -0.15) is 0 Å². The minimum absolute atomic E-state index is 0.286. The average Bonchev–Trinajstić information content (AvgIpc) is 1.64. The van der Waals surface area contributed by atoms with Crippen molar-refractivity contribution in [1.82, 2.24) is 11.0 Å². The van der Waals surface area contributed by atoms with Gasteiger partial charge in [0, 0.05) is 6.08 Å². The van der Waals surface area contributed by atoms with Crippen LogP contribution in [0.2, 0.25) is 0 Å². The first kappa shape index (κ1) is 5.72. The van der Waals surface area contributed by atoms with Crippen LogP contribution in [0.3, 0.4) is 0 Å². The molecule has 1 N–H and O–H groups in total. The number of hydrogen-bond donors (Lipinski definition) is 1. The molecular formula is C3H2Cl2N3. The molecule has 43 valence electrons. The second-order valence-electron chi connectivity index (χ2n) is 1.13. The predicted molar refractivity (Wildman–Crippen MR) is 32.5 cm³/mol. The Bertz CT molecular complexity index is 151. The van der Waals surface area contributed by atoms with E-state index in [2.05, 4.69) is 16.1 Å². The van der Waals surface area contributed by atoms with E-state index in [0.717, 1.165) is 0 Å². The first-order valence-electron chi connectivity index (χ1n) is 1.85. The van der Waals surface area contributed by atoms with Crippen LogP contribution in [-0.4, -0.2) is 5.17 Å². The van der Waals surface area contributed by atoms with Crippen molar-refractivity contribution in [2.75, 3.05) is 0 Å². The third-order valence-corrected chi connectivity index (χ3v) is 0.926.